The first-order chi connectivity index (χ1) is 13.8. The highest BCUT2D eigenvalue weighted by Crippen LogP contribution is 2.39. The zero-order valence-electron chi connectivity index (χ0n) is 16.6. The highest BCUT2D eigenvalue weighted by Gasteiger charge is 2.47. The van der Waals surface area contributed by atoms with Crippen molar-refractivity contribution in [2.24, 2.45) is 0 Å². The second-order valence-corrected chi connectivity index (χ2v) is 7.24. The van der Waals surface area contributed by atoms with Gasteiger partial charge in [0.2, 0.25) is 0 Å². The molecule has 1 aromatic carbocycles. The Bertz CT molecular complexity index is 933. The van der Waals surface area contributed by atoms with Crippen molar-refractivity contribution in [3.63, 3.8) is 0 Å². The minimum absolute atomic E-state index is 0.0630. The molecule has 0 aliphatic carbocycles. The summed E-state index contributed by atoms with van der Waals surface area (Å²) in [6.45, 7) is 6.09. The van der Waals surface area contributed by atoms with Crippen LogP contribution in [-0.4, -0.2) is 41.0 Å². The summed E-state index contributed by atoms with van der Waals surface area (Å²) in [7, 11) is 0. The average Bonchev–Trinajstić information content (AvgIpc) is 3.28. The summed E-state index contributed by atoms with van der Waals surface area (Å²) in [4.78, 5) is 26.8. The molecule has 2 heterocycles. The number of ether oxygens (including phenoxy) is 1. The van der Waals surface area contributed by atoms with Crippen LogP contribution in [0.1, 0.15) is 43.2 Å². The van der Waals surface area contributed by atoms with E-state index in [9.17, 15) is 19.1 Å². The Morgan fingerprint density at radius 3 is 2.69 bits per heavy atom. The van der Waals surface area contributed by atoms with E-state index in [1.807, 2.05) is 13.8 Å². The number of nitrogens with zero attached hydrogens (tertiary/aromatic N) is 1. The number of amides is 1. The van der Waals surface area contributed by atoms with Crippen molar-refractivity contribution in [1.29, 1.82) is 0 Å². The lowest BCUT2D eigenvalue weighted by molar-refractivity contribution is -0.140. The fraction of sp³-hybridized carbons (Fsp3) is 0.364. The van der Waals surface area contributed by atoms with Gasteiger partial charge in [0.25, 0.3) is 11.7 Å². The number of aliphatic hydroxyl groups excluding tert-OH is 1. The Kier molecular flexibility index (Phi) is 6.17. The monoisotopic (exact) mass is 401 g/mol. The Morgan fingerprint density at radius 2 is 2.07 bits per heavy atom. The molecular formula is C22H24FNO5. The van der Waals surface area contributed by atoms with E-state index < -0.39 is 23.5 Å². The molecule has 2 aromatic rings. The van der Waals surface area contributed by atoms with Crippen LogP contribution in [0.3, 0.4) is 0 Å². The molecule has 0 saturated carbocycles. The molecule has 1 atom stereocenters. The summed E-state index contributed by atoms with van der Waals surface area (Å²) in [5.41, 5.74) is 0.519. The molecule has 0 spiro atoms. The van der Waals surface area contributed by atoms with Gasteiger partial charge in [-0.1, -0.05) is 0 Å². The predicted molar refractivity (Wildman–Crippen MR) is 105 cm³/mol. The normalized spacial score (nSPS) is 18.8. The van der Waals surface area contributed by atoms with Crippen LogP contribution in [0.15, 0.2) is 46.6 Å². The van der Waals surface area contributed by atoms with E-state index in [-0.39, 0.29) is 29.5 Å². The molecule has 1 saturated heterocycles. The summed E-state index contributed by atoms with van der Waals surface area (Å²) in [6.07, 6.45) is 2.03. The first kappa shape index (κ1) is 20.8. The van der Waals surface area contributed by atoms with E-state index in [4.69, 9.17) is 9.15 Å². The number of furan rings is 1. The van der Waals surface area contributed by atoms with E-state index in [1.54, 1.807) is 19.1 Å². The van der Waals surface area contributed by atoms with Crippen molar-refractivity contribution in [2.45, 2.75) is 39.3 Å². The third kappa shape index (κ3) is 4.24. The number of rotatable bonds is 7. The van der Waals surface area contributed by atoms with E-state index in [0.717, 1.165) is 0 Å². The first-order valence-corrected chi connectivity index (χ1v) is 9.51. The molecule has 3 rings (SSSR count). The molecule has 1 aliphatic rings. The van der Waals surface area contributed by atoms with Crippen molar-refractivity contribution < 1.29 is 28.2 Å². The summed E-state index contributed by atoms with van der Waals surface area (Å²) in [6, 6.07) is 6.48. The standard InChI is InChI=1S/C22H24FNO5/c1-13(2)28-11-5-9-24-19(17-6-4-10-29-17)18(21(26)22(24)27)20(25)15-7-8-16(23)14(3)12-15/h4,6-8,10,12-13,19,25H,5,9,11H2,1-3H3/b20-18-. The lowest BCUT2D eigenvalue weighted by atomic mass is 9.98. The van der Waals surface area contributed by atoms with Gasteiger partial charge in [0, 0.05) is 18.7 Å². The number of aliphatic hydroxyl groups is 1. The third-order valence-electron chi connectivity index (χ3n) is 4.78. The van der Waals surface area contributed by atoms with Gasteiger partial charge in [0.15, 0.2) is 0 Å². The number of ketones is 1. The van der Waals surface area contributed by atoms with E-state index in [0.29, 0.717) is 24.4 Å². The highest BCUT2D eigenvalue weighted by atomic mass is 19.1. The van der Waals surface area contributed by atoms with Gasteiger partial charge in [-0.3, -0.25) is 9.59 Å². The second-order valence-electron chi connectivity index (χ2n) is 7.24. The minimum atomic E-state index is -0.852. The molecule has 1 amide bonds. The van der Waals surface area contributed by atoms with E-state index in [2.05, 4.69) is 0 Å². The van der Waals surface area contributed by atoms with Crippen molar-refractivity contribution in [2.75, 3.05) is 13.2 Å². The van der Waals surface area contributed by atoms with Gasteiger partial charge in [0.1, 0.15) is 23.4 Å². The molecule has 1 aromatic heterocycles. The maximum atomic E-state index is 13.6. The quantitative estimate of drug-likeness (QED) is 0.329. The molecule has 1 aliphatic heterocycles. The molecule has 1 unspecified atom stereocenters. The molecule has 1 N–H and O–H groups in total. The van der Waals surface area contributed by atoms with Crippen LogP contribution in [0.4, 0.5) is 4.39 Å². The third-order valence-corrected chi connectivity index (χ3v) is 4.78. The van der Waals surface area contributed by atoms with Crippen LogP contribution < -0.4 is 0 Å². The number of hydrogen-bond donors (Lipinski definition) is 1. The number of Topliss-reactive ketones (excluding diaryl/α,β-unsaturated/α-hetero) is 1. The summed E-state index contributed by atoms with van der Waals surface area (Å²) < 4.78 is 24.6. The van der Waals surface area contributed by atoms with Crippen molar-refractivity contribution in [3.8, 4) is 0 Å². The smallest absolute Gasteiger partial charge is 0.295 e. The van der Waals surface area contributed by atoms with E-state index in [1.165, 1.54) is 29.4 Å². The van der Waals surface area contributed by atoms with Crippen LogP contribution in [0.2, 0.25) is 0 Å². The molecule has 1 fully saturated rings. The summed E-state index contributed by atoms with van der Waals surface area (Å²) in [5.74, 6) is -1.91. The van der Waals surface area contributed by atoms with Crippen LogP contribution in [0, 0.1) is 12.7 Å². The summed E-state index contributed by atoms with van der Waals surface area (Å²) >= 11 is 0. The Morgan fingerprint density at radius 1 is 1.31 bits per heavy atom. The number of aryl methyl sites for hydroxylation is 1. The maximum absolute atomic E-state index is 13.6. The largest absolute Gasteiger partial charge is 0.507 e. The Labute approximate surface area is 168 Å². The fourth-order valence-corrected chi connectivity index (χ4v) is 3.35. The van der Waals surface area contributed by atoms with Gasteiger partial charge in [-0.05, 0) is 63.1 Å². The fourth-order valence-electron chi connectivity index (χ4n) is 3.35. The number of halogens is 1. The van der Waals surface area contributed by atoms with Crippen LogP contribution in [0.5, 0.6) is 0 Å². The zero-order valence-corrected chi connectivity index (χ0v) is 16.6. The number of likely N-dealkylation sites (tertiary alicyclic amines) is 1. The van der Waals surface area contributed by atoms with Gasteiger partial charge in [-0.2, -0.15) is 0 Å². The Balaban J connectivity index is 1.99. The molecular weight excluding hydrogens is 377 g/mol. The van der Waals surface area contributed by atoms with Gasteiger partial charge >= 0.3 is 0 Å². The van der Waals surface area contributed by atoms with Crippen molar-refractivity contribution in [3.05, 3.63) is 64.9 Å². The molecule has 0 radical (unpaired) electrons. The van der Waals surface area contributed by atoms with Gasteiger partial charge in [0.05, 0.1) is 17.9 Å². The number of carbonyl (C=O) groups is 2. The number of carbonyl (C=O) groups excluding carboxylic acids is 2. The van der Waals surface area contributed by atoms with Crippen LogP contribution in [0.25, 0.3) is 5.76 Å². The topological polar surface area (TPSA) is 80.0 Å². The predicted octanol–water partition coefficient (Wildman–Crippen LogP) is 3.96. The second kappa shape index (κ2) is 8.61. The zero-order chi connectivity index (χ0) is 21.1. The molecule has 6 nitrogen and oxygen atoms in total. The summed E-state index contributed by atoms with van der Waals surface area (Å²) in [5, 5.41) is 10.8. The van der Waals surface area contributed by atoms with Gasteiger partial charge < -0.3 is 19.2 Å². The Hall–Kier alpha value is -2.93. The maximum Gasteiger partial charge on any atom is 0.295 e. The van der Waals surface area contributed by atoms with Gasteiger partial charge in [-0.25, -0.2) is 4.39 Å². The number of benzene rings is 1. The number of hydrogen-bond acceptors (Lipinski definition) is 5. The highest BCUT2D eigenvalue weighted by molar-refractivity contribution is 6.46. The molecule has 0 bridgehead atoms. The van der Waals surface area contributed by atoms with E-state index >= 15 is 0 Å². The average molecular weight is 401 g/mol. The van der Waals surface area contributed by atoms with Crippen molar-refractivity contribution >= 4 is 17.4 Å². The van der Waals surface area contributed by atoms with Crippen LogP contribution in [-0.2, 0) is 14.3 Å². The molecule has 29 heavy (non-hydrogen) atoms. The first-order valence-electron chi connectivity index (χ1n) is 9.51. The van der Waals surface area contributed by atoms with Gasteiger partial charge in [-0.15, -0.1) is 0 Å². The lowest BCUT2D eigenvalue weighted by Crippen LogP contribution is -2.31. The van der Waals surface area contributed by atoms with Crippen LogP contribution >= 0.6 is 0 Å². The molecule has 154 valence electrons. The SMILES string of the molecule is Cc1cc(/C(O)=C2/C(=O)C(=O)N(CCCOC(C)C)C2c2ccco2)ccc1F. The lowest BCUT2D eigenvalue weighted by Gasteiger charge is -2.23. The van der Waals surface area contributed by atoms with Crippen molar-refractivity contribution in [1.82, 2.24) is 4.90 Å². The minimum Gasteiger partial charge on any atom is -0.507 e. The molecule has 7 heteroatoms.